The van der Waals surface area contributed by atoms with Gasteiger partial charge in [0.05, 0.1) is 16.1 Å². The van der Waals surface area contributed by atoms with Gasteiger partial charge in [0.25, 0.3) is 0 Å². The smallest absolute Gasteiger partial charge is 0.0571 e. The first-order valence-electron chi connectivity index (χ1n) is 6.40. The highest BCUT2D eigenvalue weighted by Gasteiger charge is 2.54. The van der Waals surface area contributed by atoms with Crippen molar-refractivity contribution in [2.24, 2.45) is 0 Å². The van der Waals surface area contributed by atoms with Crippen LogP contribution in [0.25, 0.3) is 0 Å². The first-order chi connectivity index (χ1) is 7.70. The Morgan fingerprint density at radius 2 is 1.41 bits per heavy atom. The fourth-order valence-electron chi connectivity index (χ4n) is 3.58. The number of benzene rings is 1. The van der Waals surface area contributed by atoms with Gasteiger partial charge in [-0.05, 0) is 17.2 Å². The van der Waals surface area contributed by atoms with E-state index in [0.29, 0.717) is 4.66 Å². The zero-order valence-electron chi connectivity index (χ0n) is 11.9. The molecular weight excluding hydrogens is 236 g/mol. The van der Waals surface area contributed by atoms with Crippen LogP contribution in [0.1, 0.15) is 11.1 Å². The van der Waals surface area contributed by atoms with Crippen LogP contribution in [0.2, 0.25) is 39.3 Å². The molecule has 91 valence electrons. The maximum absolute atomic E-state index is 3.55. The molecule has 0 atom stereocenters. The Bertz CT molecular complexity index is 445. The zero-order valence-corrected chi connectivity index (χ0v) is 13.9. The lowest BCUT2D eigenvalue weighted by Gasteiger charge is -2.49. The molecule has 0 N–H and O–H groups in total. The number of hydrogen-bond acceptors (Lipinski definition) is 0. The molecule has 0 aromatic heterocycles. The van der Waals surface area contributed by atoms with E-state index in [1.807, 2.05) is 0 Å². The molecule has 0 unspecified atom stereocenters. The quantitative estimate of drug-likeness (QED) is 0.691. The van der Waals surface area contributed by atoms with E-state index in [1.165, 1.54) is 5.56 Å². The first-order valence-corrected chi connectivity index (χ1v) is 13.4. The van der Waals surface area contributed by atoms with Crippen molar-refractivity contribution in [3.8, 4) is 0 Å². The lowest BCUT2D eigenvalue weighted by Crippen LogP contribution is -2.61. The standard InChI is InChI=1S/C15H23Si2/c1-16(2,3)15(17(4,5)6)12-11-13-9-7-8-10-14(13)15/h7-10,12H,1-6H3. The minimum absolute atomic E-state index is 0.344. The molecule has 0 bridgehead atoms. The molecule has 0 spiro atoms. The summed E-state index contributed by atoms with van der Waals surface area (Å²) in [7, 11) is -2.63. The third-order valence-corrected chi connectivity index (χ3v) is 14.2. The van der Waals surface area contributed by atoms with E-state index in [4.69, 9.17) is 0 Å². The summed E-state index contributed by atoms with van der Waals surface area (Å²) in [6.07, 6.45) is 5.98. The lowest BCUT2D eigenvalue weighted by atomic mass is 10.1. The second-order valence-electron chi connectivity index (χ2n) is 7.14. The predicted octanol–water partition coefficient (Wildman–Crippen LogP) is 4.40. The van der Waals surface area contributed by atoms with Gasteiger partial charge in [0.1, 0.15) is 0 Å². The van der Waals surface area contributed by atoms with Crippen LogP contribution in [0, 0.1) is 6.08 Å². The summed E-state index contributed by atoms with van der Waals surface area (Å²) >= 11 is 0. The molecule has 0 saturated carbocycles. The fraction of sp³-hybridized carbons (Fsp3) is 0.467. The van der Waals surface area contributed by atoms with Gasteiger partial charge in [-0.15, -0.1) is 0 Å². The average Bonchev–Trinajstić information content (AvgIpc) is 2.55. The van der Waals surface area contributed by atoms with Gasteiger partial charge in [0.15, 0.2) is 0 Å². The van der Waals surface area contributed by atoms with Crippen LogP contribution in [0.3, 0.4) is 0 Å². The third kappa shape index (κ3) is 1.69. The van der Waals surface area contributed by atoms with Gasteiger partial charge in [0, 0.05) is 4.66 Å². The summed E-state index contributed by atoms with van der Waals surface area (Å²) in [4.78, 5) is 0. The van der Waals surface area contributed by atoms with Crippen molar-refractivity contribution in [3.63, 3.8) is 0 Å². The summed E-state index contributed by atoms with van der Waals surface area (Å²) in [5.74, 6) is 0. The lowest BCUT2D eigenvalue weighted by molar-refractivity contribution is 0.985. The number of allylic oxidation sites excluding steroid dienone is 1. The second kappa shape index (κ2) is 3.69. The SMILES string of the molecule is C[Si](C)(C)C1([Si](C)(C)C)C=[C]c2ccccc21. The van der Waals surface area contributed by atoms with Gasteiger partial charge in [-0.25, -0.2) is 0 Å². The van der Waals surface area contributed by atoms with Crippen molar-refractivity contribution in [2.75, 3.05) is 0 Å². The number of rotatable bonds is 2. The Morgan fingerprint density at radius 1 is 0.882 bits per heavy atom. The molecule has 0 fully saturated rings. The van der Waals surface area contributed by atoms with Crippen molar-refractivity contribution in [3.05, 3.63) is 47.5 Å². The molecule has 1 aliphatic carbocycles. The minimum Gasteiger partial charge on any atom is -0.0708 e. The molecular formula is C15H23Si2. The summed E-state index contributed by atoms with van der Waals surface area (Å²) in [5, 5.41) is 0. The Hall–Kier alpha value is -0.606. The zero-order chi connectivity index (χ0) is 12.9. The van der Waals surface area contributed by atoms with Gasteiger partial charge in [-0.3, -0.25) is 0 Å². The van der Waals surface area contributed by atoms with Crippen LogP contribution in [-0.2, 0) is 4.66 Å². The Kier molecular flexibility index (Phi) is 2.79. The van der Waals surface area contributed by atoms with Crippen LogP contribution >= 0.6 is 0 Å². The highest BCUT2D eigenvalue weighted by Crippen LogP contribution is 2.48. The fourth-order valence-corrected chi connectivity index (χ4v) is 15.6. The van der Waals surface area contributed by atoms with Gasteiger partial charge in [-0.2, -0.15) is 0 Å². The Labute approximate surface area is 108 Å². The topological polar surface area (TPSA) is 0 Å². The molecule has 17 heavy (non-hydrogen) atoms. The van der Waals surface area contributed by atoms with E-state index in [-0.39, 0.29) is 0 Å². The molecule has 1 aromatic carbocycles. The number of hydrogen-bond donors (Lipinski definition) is 0. The number of fused-ring (bicyclic) bond motifs is 1. The van der Waals surface area contributed by atoms with Crippen LogP contribution in [-0.4, -0.2) is 16.1 Å². The van der Waals surface area contributed by atoms with E-state index >= 15 is 0 Å². The maximum Gasteiger partial charge on any atom is 0.0571 e. The summed E-state index contributed by atoms with van der Waals surface area (Å²) < 4.78 is 0.344. The van der Waals surface area contributed by atoms with E-state index in [0.717, 1.165) is 0 Å². The van der Waals surface area contributed by atoms with E-state index in [9.17, 15) is 0 Å². The van der Waals surface area contributed by atoms with Crippen LogP contribution in [0.5, 0.6) is 0 Å². The predicted molar refractivity (Wildman–Crippen MR) is 81.7 cm³/mol. The van der Waals surface area contributed by atoms with Crippen molar-refractivity contribution in [2.45, 2.75) is 43.9 Å². The van der Waals surface area contributed by atoms with Gasteiger partial charge in [0.2, 0.25) is 0 Å². The van der Waals surface area contributed by atoms with Gasteiger partial charge in [-0.1, -0.05) is 69.6 Å². The van der Waals surface area contributed by atoms with E-state index in [1.54, 1.807) is 5.56 Å². The molecule has 2 heteroatoms. The van der Waals surface area contributed by atoms with Crippen molar-refractivity contribution < 1.29 is 0 Å². The van der Waals surface area contributed by atoms with Crippen LogP contribution < -0.4 is 0 Å². The maximum atomic E-state index is 3.55. The molecule has 1 aliphatic rings. The van der Waals surface area contributed by atoms with Crippen LogP contribution in [0.4, 0.5) is 0 Å². The molecule has 0 nitrogen and oxygen atoms in total. The molecule has 1 radical (unpaired) electrons. The monoisotopic (exact) mass is 259 g/mol. The van der Waals surface area contributed by atoms with Gasteiger partial charge < -0.3 is 0 Å². The third-order valence-electron chi connectivity index (χ3n) is 4.16. The normalized spacial score (nSPS) is 18.2. The first kappa shape index (κ1) is 12.8. The average molecular weight is 260 g/mol. The Balaban J connectivity index is 2.73. The second-order valence-corrected chi connectivity index (χ2v) is 18.2. The molecule has 0 aliphatic heterocycles. The molecule has 2 rings (SSSR count). The van der Waals surface area contributed by atoms with E-state index < -0.39 is 16.1 Å². The van der Waals surface area contributed by atoms with Crippen molar-refractivity contribution in [1.29, 1.82) is 0 Å². The molecule has 0 saturated heterocycles. The molecule has 1 aromatic rings. The van der Waals surface area contributed by atoms with Crippen LogP contribution in [0.15, 0.2) is 30.3 Å². The molecule has 0 amide bonds. The van der Waals surface area contributed by atoms with E-state index in [2.05, 4.69) is 75.7 Å². The largest absolute Gasteiger partial charge is 0.0708 e. The van der Waals surface area contributed by atoms with Gasteiger partial charge >= 0.3 is 0 Å². The summed E-state index contributed by atoms with van der Waals surface area (Å²) in [5.41, 5.74) is 2.88. The highest BCUT2D eigenvalue weighted by molar-refractivity contribution is 6.99. The highest BCUT2D eigenvalue weighted by atomic mass is 28.4. The van der Waals surface area contributed by atoms with Crippen molar-refractivity contribution in [1.82, 2.24) is 0 Å². The summed E-state index contributed by atoms with van der Waals surface area (Å²) in [6.45, 7) is 15.0. The summed E-state index contributed by atoms with van der Waals surface area (Å²) in [6, 6.07) is 8.87. The Morgan fingerprint density at radius 3 is 1.94 bits per heavy atom. The van der Waals surface area contributed by atoms with Crippen molar-refractivity contribution >= 4 is 16.1 Å². The minimum atomic E-state index is -1.32. The molecule has 0 heterocycles.